The molecule has 1 atom stereocenters. The summed E-state index contributed by atoms with van der Waals surface area (Å²) in [6.07, 6.45) is 3.72. The second kappa shape index (κ2) is 6.29. The van der Waals surface area contributed by atoms with Gasteiger partial charge in [-0.25, -0.2) is 0 Å². The minimum absolute atomic E-state index is 0.0308. The highest BCUT2D eigenvalue weighted by molar-refractivity contribution is 7.18. The summed E-state index contributed by atoms with van der Waals surface area (Å²) in [6.45, 7) is 2.15. The third kappa shape index (κ3) is 2.89. The molecule has 1 aliphatic rings. The van der Waals surface area contributed by atoms with Crippen LogP contribution in [0, 0.1) is 0 Å². The van der Waals surface area contributed by atoms with Crippen molar-refractivity contribution in [1.82, 2.24) is 19.5 Å². The average Bonchev–Trinajstić information content (AvgIpc) is 3.32. The van der Waals surface area contributed by atoms with Gasteiger partial charge in [0, 0.05) is 19.7 Å². The molecule has 128 valence electrons. The van der Waals surface area contributed by atoms with E-state index in [1.807, 2.05) is 33.7 Å². The second-order valence-electron chi connectivity index (χ2n) is 5.99. The van der Waals surface area contributed by atoms with Crippen molar-refractivity contribution in [3.63, 3.8) is 0 Å². The van der Waals surface area contributed by atoms with Crippen molar-refractivity contribution in [2.75, 3.05) is 11.9 Å². The molecule has 25 heavy (non-hydrogen) atoms. The summed E-state index contributed by atoms with van der Waals surface area (Å²) in [5.41, 5.74) is 0.779. The van der Waals surface area contributed by atoms with Crippen LogP contribution in [0.4, 0.5) is 5.00 Å². The number of pyridine rings is 1. The SMILES string of the molecule is CC(=O)Nc1ccc(C(=O)N2CCC[C@H]2c2nnc3ccccn23)s1. The number of hydrogen-bond donors (Lipinski definition) is 1. The molecule has 1 fully saturated rings. The molecule has 4 heterocycles. The average molecular weight is 355 g/mol. The van der Waals surface area contributed by atoms with Gasteiger partial charge in [0.15, 0.2) is 11.5 Å². The fourth-order valence-corrected chi connectivity index (χ4v) is 4.11. The Morgan fingerprint density at radius 3 is 2.96 bits per heavy atom. The Hall–Kier alpha value is -2.74. The number of thiophene rings is 1. The molecule has 8 heteroatoms. The highest BCUT2D eigenvalue weighted by atomic mass is 32.1. The molecule has 0 aliphatic carbocycles. The van der Waals surface area contributed by atoms with Crippen LogP contribution in [0.1, 0.15) is 41.3 Å². The maximum absolute atomic E-state index is 13.0. The molecule has 1 saturated heterocycles. The standard InChI is InChI=1S/C17H17N5O2S/c1-11(23)18-15-8-7-13(25-15)17(24)21-10-4-5-12(21)16-20-19-14-6-2-3-9-22(14)16/h2-3,6-9,12H,4-5,10H2,1H3,(H,18,23)/t12-/m0/s1. The molecule has 1 N–H and O–H groups in total. The van der Waals surface area contributed by atoms with Crippen LogP contribution in [0.3, 0.4) is 0 Å². The van der Waals surface area contributed by atoms with Crippen molar-refractivity contribution in [2.24, 2.45) is 0 Å². The van der Waals surface area contributed by atoms with Crippen LogP contribution in [0.5, 0.6) is 0 Å². The van der Waals surface area contributed by atoms with Gasteiger partial charge in [-0.15, -0.1) is 21.5 Å². The lowest BCUT2D eigenvalue weighted by atomic mass is 10.2. The lowest BCUT2D eigenvalue weighted by Gasteiger charge is -2.22. The fourth-order valence-electron chi connectivity index (χ4n) is 3.20. The van der Waals surface area contributed by atoms with E-state index in [-0.39, 0.29) is 17.9 Å². The lowest BCUT2D eigenvalue weighted by Crippen LogP contribution is -2.31. The molecule has 2 amide bonds. The molecule has 0 saturated carbocycles. The predicted octanol–water partition coefficient (Wildman–Crippen LogP) is 2.73. The number of carbonyl (C=O) groups excluding carboxylic acids is 2. The summed E-state index contributed by atoms with van der Waals surface area (Å²) in [7, 11) is 0. The number of hydrogen-bond acceptors (Lipinski definition) is 5. The number of anilines is 1. The van der Waals surface area contributed by atoms with Gasteiger partial charge >= 0.3 is 0 Å². The van der Waals surface area contributed by atoms with E-state index in [0.29, 0.717) is 16.4 Å². The van der Waals surface area contributed by atoms with Gasteiger partial charge < -0.3 is 10.2 Å². The molecule has 0 aromatic carbocycles. The van der Waals surface area contributed by atoms with Crippen molar-refractivity contribution in [1.29, 1.82) is 0 Å². The summed E-state index contributed by atoms with van der Waals surface area (Å²) in [5, 5.41) is 11.9. The van der Waals surface area contributed by atoms with E-state index in [1.54, 1.807) is 12.1 Å². The Morgan fingerprint density at radius 1 is 1.24 bits per heavy atom. The molecule has 3 aromatic rings. The van der Waals surface area contributed by atoms with Gasteiger partial charge in [-0.05, 0) is 37.1 Å². The minimum Gasteiger partial charge on any atom is -0.328 e. The predicted molar refractivity (Wildman–Crippen MR) is 94.6 cm³/mol. The molecular formula is C17H17N5O2S. The van der Waals surface area contributed by atoms with Gasteiger partial charge in [0.1, 0.15) is 0 Å². The Labute approximate surface area is 148 Å². The smallest absolute Gasteiger partial charge is 0.264 e. The lowest BCUT2D eigenvalue weighted by molar-refractivity contribution is -0.114. The number of carbonyl (C=O) groups is 2. The van der Waals surface area contributed by atoms with Crippen LogP contribution in [0.15, 0.2) is 36.5 Å². The van der Waals surface area contributed by atoms with Crippen molar-refractivity contribution >= 4 is 33.8 Å². The first-order valence-corrected chi connectivity index (χ1v) is 8.93. The molecule has 1 aliphatic heterocycles. The number of likely N-dealkylation sites (tertiary alicyclic amines) is 1. The Morgan fingerprint density at radius 2 is 2.12 bits per heavy atom. The molecule has 0 unspecified atom stereocenters. The van der Waals surface area contributed by atoms with E-state index < -0.39 is 0 Å². The maximum atomic E-state index is 13.0. The van der Waals surface area contributed by atoms with E-state index in [0.717, 1.165) is 24.3 Å². The monoisotopic (exact) mass is 355 g/mol. The number of aromatic nitrogens is 3. The first kappa shape index (κ1) is 15.8. The zero-order valence-corrected chi connectivity index (χ0v) is 14.5. The maximum Gasteiger partial charge on any atom is 0.264 e. The number of nitrogens with zero attached hydrogens (tertiary/aromatic N) is 4. The normalized spacial score (nSPS) is 17.2. The number of nitrogens with one attached hydrogen (secondary N) is 1. The van der Waals surface area contributed by atoms with E-state index in [4.69, 9.17) is 0 Å². The van der Waals surface area contributed by atoms with Crippen LogP contribution in [-0.2, 0) is 4.79 Å². The zero-order valence-electron chi connectivity index (χ0n) is 13.7. The van der Waals surface area contributed by atoms with E-state index in [2.05, 4.69) is 15.5 Å². The van der Waals surface area contributed by atoms with E-state index in [9.17, 15) is 9.59 Å². The molecular weight excluding hydrogens is 338 g/mol. The number of rotatable bonds is 3. The van der Waals surface area contributed by atoms with Crippen LogP contribution >= 0.6 is 11.3 Å². The molecule has 7 nitrogen and oxygen atoms in total. The van der Waals surface area contributed by atoms with Crippen molar-refractivity contribution in [2.45, 2.75) is 25.8 Å². The Bertz CT molecular complexity index is 947. The van der Waals surface area contributed by atoms with Gasteiger partial charge in [0.05, 0.1) is 15.9 Å². The van der Waals surface area contributed by atoms with Gasteiger partial charge in [-0.3, -0.25) is 14.0 Å². The third-order valence-electron chi connectivity index (χ3n) is 4.27. The van der Waals surface area contributed by atoms with Gasteiger partial charge in [0.25, 0.3) is 5.91 Å². The quantitative estimate of drug-likeness (QED) is 0.783. The molecule has 0 spiro atoms. The largest absolute Gasteiger partial charge is 0.328 e. The van der Waals surface area contributed by atoms with Gasteiger partial charge in [0.2, 0.25) is 5.91 Å². The van der Waals surface area contributed by atoms with E-state index in [1.165, 1.54) is 18.3 Å². The van der Waals surface area contributed by atoms with E-state index >= 15 is 0 Å². The van der Waals surface area contributed by atoms with Crippen molar-refractivity contribution in [3.05, 3.63) is 47.2 Å². The summed E-state index contributed by atoms with van der Waals surface area (Å²) in [4.78, 5) is 26.6. The van der Waals surface area contributed by atoms with Crippen molar-refractivity contribution in [3.8, 4) is 0 Å². The molecule has 3 aromatic heterocycles. The summed E-state index contributed by atoms with van der Waals surface area (Å²) >= 11 is 1.29. The zero-order chi connectivity index (χ0) is 17.4. The number of amides is 2. The van der Waals surface area contributed by atoms with Crippen LogP contribution in [-0.4, -0.2) is 37.9 Å². The summed E-state index contributed by atoms with van der Waals surface area (Å²) < 4.78 is 1.94. The van der Waals surface area contributed by atoms with Gasteiger partial charge in [-0.1, -0.05) is 6.07 Å². The Kier molecular flexibility index (Phi) is 3.96. The summed E-state index contributed by atoms with van der Waals surface area (Å²) in [5.74, 6) is 0.617. The first-order chi connectivity index (χ1) is 12.1. The highest BCUT2D eigenvalue weighted by Crippen LogP contribution is 2.34. The Balaban J connectivity index is 1.62. The third-order valence-corrected chi connectivity index (χ3v) is 5.26. The van der Waals surface area contributed by atoms with Crippen molar-refractivity contribution < 1.29 is 9.59 Å². The highest BCUT2D eigenvalue weighted by Gasteiger charge is 2.34. The van der Waals surface area contributed by atoms with Crippen LogP contribution in [0.25, 0.3) is 5.65 Å². The van der Waals surface area contributed by atoms with Gasteiger partial charge in [-0.2, -0.15) is 0 Å². The molecule has 4 rings (SSSR count). The summed E-state index contributed by atoms with van der Waals surface area (Å²) in [6, 6.07) is 9.18. The topological polar surface area (TPSA) is 79.6 Å². The van der Waals surface area contributed by atoms with Crippen LogP contribution < -0.4 is 5.32 Å². The van der Waals surface area contributed by atoms with Crippen LogP contribution in [0.2, 0.25) is 0 Å². The number of fused-ring (bicyclic) bond motifs is 1. The second-order valence-corrected chi connectivity index (χ2v) is 7.07. The molecule has 0 bridgehead atoms. The minimum atomic E-state index is -0.144. The first-order valence-electron chi connectivity index (χ1n) is 8.11. The molecule has 0 radical (unpaired) electrons. The fraction of sp³-hybridized carbons (Fsp3) is 0.294.